The molecule has 1 unspecified atom stereocenters. The van der Waals surface area contributed by atoms with Gasteiger partial charge in [-0.1, -0.05) is 6.07 Å². The number of methoxy groups -OCH3 is 1. The topological polar surface area (TPSA) is 63.9 Å². The maximum Gasteiger partial charge on any atom is 0.161 e. The fourth-order valence-electron chi connectivity index (χ4n) is 2.36. The maximum absolute atomic E-state index is 10.5. The van der Waals surface area contributed by atoms with Gasteiger partial charge in [-0.25, -0.2) is 0 Å². The smallest absolute Gasteiger partial charge is 0.161 e. The lowest BCUT2D eigenvalue weighted by Gasteiger charge is -2.21. The van der Waals surface area contributed by atoms with Crippen molar-refractivity contribution in [2.24, 2.45) is 0 Å². The summed E-state index contributed by atoms with van der Waals surface area (Å²) in [4.78, 5) is 0. The van der Waals surface area contributed by atoms with E-state index in [0.717, 1.165) is 17.1 Å². The van der Waals surface area contributed by atoms with Crippen molar-refractivity contribution in [2.75, 3.05) is 20.3 Å². The summed E-state index contributed by atoms with van der Waals surface area (Å²) in [5.74, 6) is 2.79. The van der Waals surface area contributed by atoms with Crippen molar-refractivity contribution in [3.63, 3.8) is 0 Å². The first-order valence-corrected chi connectivity index (χ1v) is 7.76. The Morgan fingerprint density at radius 1 is 1.22 bits per heavy atom. The number of aryl methyl sites for hydroxylation is 1. The quantitative estimate of drug-likeness (QED) is 0.783. The zero-order valence-electron chi connectivity index (χ0n) is 14.2. The first-order chi connectivity index (χ1) is 11.0. The lowest BCUT2D eigenvalue weighted by atomic mass is 10.0. The molecule has 126 valence electrons. The van der Waals surface area contributed by atoms with Gasteiger partial charge in [-0.3, -0.25) is 0 Å². The van der Waals surface area contributed by atoms with E-state index in [2.05, 4.69) is 5.32 Å². The van der Waals surface area contributed by atoms with Crippen LogP contribution in [-0.2, 0) is 12.1 Å². The lowest BCUT2D eigenvalue weighted by molar-refractivity contribution is 0.0332. The van der Waals surface area contributed by atoms with Crippen LogP contribution in [0.2, 0.25) is 0 Å². The molecule has 0 spiro atoms. The minimum atomic E-state index is -1.05. The lowest BCUT2D eigenvalue weighted by Crippen LogP contribution is -2.34. The van der Waals surface area contributed by atoms with Gasteiger partial charge in [0.05, 0.1) is 13.7 Å². The first kappa shape index (κ1) is 17.4. The molecular formula is C18H25NO4. The van der Waals surface area contributed by atoms with Gasteiger partial charge in [-0.05, 0) is 50.6 Å². The second-order valence-corrected chi connectivity index (χ2v) is 5.71. The SMILES string of the molecule is CCOc1cc(CNCC(C)(O)c2ccc(C)o2)ccc1OC. The van der Waals surface area contributed by atoms with Crippen molar-refractivity contribution in [3.05, 3.63) is 47.4 Å². The Kier molecular flexibility index (Phi) is 5.69. The molecule has 2 aromatic rings. The Balaban J connectivity index is 1.97. The van der Waals surface area contributed by atoms with Crippen molar-refractivity contribution in [1.82, 2.24) is 5.32 Å². The molecule has 0 bridgehead atoms. The predicted octanol–water partition coefficient (Wildman–Crippen LogP) is 2.99. The minimum absolute atomic E-state index is 0.385. The molecule has 0 saturated heterocycles. The van der Waals surface area contributed by atoms with Gasteiger partial charge in [0.25, 0.3) is 0 Å². The van der Waals surface area contributed by atoms with E-state index in [1.165, 1.54) is 0 Å². The molecule has 0 amide bonds. The van der Waals surface area contributed by atoms with E-state index in [9.17, 15) is 5.11 Å². The largest absolute Gasteiger partial charge is 0.493 e. The van der Waals surface area contributed by atoms with Crippen molar-refractivity contribution in [3.8, 4) is 11.5 Å². The molecule has 1 aromatic carbocycles. The highest BCUT2D eigenvalue weighted by Gasteiger charge is 2.26. The standard InChI is InChI=1S/C18H25NO4/c1-5-22-16-10-14(7-8-15(16)21-4)11-19-12-18(3,20)17-9-6-13(2)23-17/h6-10,19-20H,5,11-12H2,1-4H3. The van der Waals surface area contributed by atoms with E-state index in [1.54, 1.807) is 20.1 Å². The number of furan rings is 1. The summed E-state index contributed by atoms with van der Waals surface area (Å²) in [6.45, 7) is 7.11. The van der Waals surface area contributed by atoms with Gasteiger partial charge in [0.15, 0.2) is 11.5 Å². The Bertz CT molecular complexity index is 634. The Hall–Kier alpha value is -1.98. The van der Waals surface area contributed by atoms with E-state index >= 15 is 0 Å². The third kappa shape index (κ3) is 4.50. The fraction of sp³-hybridized carbons (Fsp3) is 0.444. The summed E-state index contributed by atoms with van der Waals surface area (Å²) in [6, 6.07) is 9.45. The number of nitrogens with one attached hydrogen (secondary N) is 1. The monoisotopic (exact) mass is 319 g/mol. The maximum atomic E-state index is 10.5. The average Bonchev–Trinajstić information content (AvgIpc) is 2.95. The first-order valence-electron chi connectivity index (χ1n) is 7.76. The van der Waals surface area contributed by atoms with Crippen LogP contribution in [0.1, 0.15) is 30.9 Å². The van der Waals surface area contributed by atoms with Gasteiger partial charge in [-0.2, -0.15) is 0 Å². The van der Waals surface area contributed by atoms with Crippen LogP contribution < -0.4 is 14.8 Å². The Morgan fingerprint density at radius 2 is 2.00 bits per heavy atom. The number of aliphatic hydroxyl groups is 1. The molecule has 0 fully saturated rings. The molecule has 0 aliphatic carbocycles. The van der Waals surface area contributed by atoms with Crippen LogP contribution in [0, 0.1) is 6.92 Å². The molecule has 5 nitrogen and oxygen atoms in total. The predicted molar refractivity (Wildman–Crippen MR) is 88.9 cm³/mol. The van der Waals surface area contributed by atoms with E-state index in [0.29, 0.717) is 31.2 Å². The fourth-order valence-corrected chi connectivity index (χ4v) is 2.36. The third-order valence-corrected chi connectivity index (χ3v) is 3.60. The van der Waals surface area contributed by atoms with Crippen molar-refractivity contribution in [2.45, 2.75) is 32.9 Å². The van der Waals surface area contributed by atoms with Gasteiger partial charge in [-0.15, -0.1) is 0 Å². The van der Waals surface area contributed by atoms with Crippen molar-refractivity contribution < 1.29 is 19.0 Å². The van der Waals surface area contributed by atoms with Crippen molar-refractivity contribution in [1.29, 1.82) is 0 Å². The van der Waals surface area contributed by atoms with Gasteiger partial charge in [0.2, 0.25) is 0 Å². The van der Waals surface area contributed by atoms with Gasteiger partial charge in [0, 0.05) is 13.1 Å². The van der Waals surface area contributed by atoms with Crippen LogP contribution in [0.4, 0.5) is 0 Å². The van der Waals surface area contributed by atoms with Crippen LogP contribution >= 0.6 is 0 Å². The molecule has 2 rings (SSSR count). The van der Waals surface area contributed by atoms with E-state index in [-0.39, 0.29) is 0 Å². The highest BCUT2D eigenvalue weighted by molar-refractivity contribution is 5.42. The van der Waals surface area contributed by atoms with E-state index < -0.39 is 5.60 Å². The molecule has 1 aromatic heterocycles. The summed E-state index contributed by atoms with van der Waals surface area (Å²) < 4.78 is 16.4. The van der Waals surface area contributed by atoms with E-state index in [4.69, 9.17) is 13.9 Å². The minimum Gasteiger partial charge on any atom is -0.493 e. The molecule has 2 N–H and O–H groups in total. The summed E-state index contributed by atoms with van der Waals surface area (Å²) in [7, 11) is 1.62. The second kappa shape index (κ2) is 7.53. The van der Waals surface area contributed by atoms with Crippen LogP contribution in [-0.4, -0.2) is 25.4 Å². The van der Waals surface area contributed by atoms with Crippen molar-refractivity contribution >= 4 is 0 Å². The van der Waals surface area contributed by atoms with E-state index in [1.807, 2.05) is 38.1 Å². The molecule has 0 radical (unpaired) electrons. The highest BCUT2D eigenvalue weighted by Crippen LogP contribution is 2.28. The normalized spacial score (nSPS) is 13.6. The van der Waals surface area contributed by atoms with Gasteiger partial charge < -0.3 is 24.3 Å². The highest BCUT2D eigenvalue weighted by atomic mass is 16.5. The molecule has 0 aliphatic heterocycles. The molecule has 0 aliphatic rings. The zero-order chi connectivity index (χ0) is 16.9. The summed E-state index contributed by atoms with van der Waals surface area (Å²) >= 11 is 0. The Labute approximate surface area is 137 Å². The number of rotatable bonds is 8. The number of hydrogen-bond acceptors (Lipinski definition) is 5. The third-order valence-electron chi connectivity index (χ3n) is 3.60. The van der Waals surface area contributed by atoms with Crippen LogP contribution in [0.25, 0.3) is 0 Å². The molecule has 5 heteroatoms. The molecule has 1 heterocycles. The van der Waals surface area contributed by atoms with Crippen LogP contribution in [0.5, 0.6) is 11.5 Å². The summed E-state index contributed by atoms with van der Waals surface area (Å²) in [6.07, 6.45) is 0. The van der Waals surface area contributed by atoms with Crippen LogP contribution in [0.15, 0.2) is 34.7 Å². The number of ether oxygens (including phenoxy) is 2. The molecule has 0 saturated carbocycles. The summed E-state index contributed by atoms with van der Waals surface area (Å²) in [5, 5.41) is 13.7. The van der Waals surface area contributed by atoms with Gasteiger partial charge >= 0.3 is 0 Å². The number of benzene rings is 1. The Morgan fingerprint density at radius 3 is 2.61 bits per heavy atom. The molecule has 1 atom stereocenters. The van der Waals surface area contributed by atoms with Crippen LogP contribution in [0.3, 0.4) is 0 Å². The van der Waals surface area contributed by atoms with Gasteiger partial charge in [0.1, 0.15) is 17.1 Å². The summed E-state index contributed by atoms with van der Waals surface area (Å²) in [5.41, 5.74) is 0.00408. The molecule has 23 heavy (non-hydrogen) atoms. The average molecular weight is 319 g/mol. The second-order valence-electron chi connectivity index (χ2n) is 5.71. The molecular weight excluding hydrogens is 294 g/mol. The zero-order valence-corrected chi connectivity index (χ0v) is 14.2. The number of hydrogen-bond donors (Lipinski definition) is 2.